The Kier molecular flexibility index (Phi) is 4.52. The molecule has 4 nitrogen and oxygen atoms in total. The van der Waals surface area contributed by atoms with Crippen molar-refractivity contribution < 1.29 is 9.63 Å². The maximum absolute atomic E-state index is 12.2. The van der Waals surface area contributed by atoms with Gasteiger partial charge in [0.1, 0.15) is 6.04 Å². The number of hydrogen-bond acceptors (Lipinski definition) is 3. The lowest BCUT2D eigenvalue weighted by Crippen LogP contribution is -2.53. The van der Waals surface area contributed by atoms with Gasteiger partial charge in [-0.2, -0.15) is 0 Å². The van der Waals surface area contributed by atoms with E-state index in [1.54, 1.807) is 0 Å². The quantitative estimate of drug-likeness (QED) is 0.700. The van der Waals surface area contributed by atoms with Crippen molar-refractivity contribution in [2.45, 2.75) is 11.6 Å². The lowest BCUT2D eigenvalue weighted by Gasteiger charge is -2.38. The van der Waals surface area contributed by atoms with Crippen LogP contribution in [0.15, 0.2) is 91.0 Å². The normalized spacial score (nSPS) is 17.1. The molecule has 0 spiro atoms. The van der Waals surface area contributed by atoms with Gasteiger partial charge >= 0.3 is 0 Å². The molecule has 0 aliphatic carbocycles. The highest BCUT2D eigenvalue weighted by atomic mass is 16.7. The zero-order chi connectivity index (χ0) is 17.8. The Labute approximate surface area is 152 Å². The summed E-state index contributed by atoms with van der Waals surface area (Å²) in [5, 5.41) is 3.59. The summed E-state index contributed by atoms with van der Waals surface area (Å²) in [6.07, 6.45) is 0. The van der Waals surface area contributed by atoms with Crippen LogP contribution in [0.25, 0.3) is 0 Å². The molecule has 0 saturated carbocycles. The van der Waals surface area contributed by atoms with Gasteiger partial charge in [0.2, 0.25) is 0 Å². The van der Waals surface area contributed by atoms with Crippen molar-refractivity contribution in [3.8, 4) is 0 Å². The van der Waals surface area contributed by atoms with E-state index in [-0.39, 0.29) is 12.5 Å². The maximum atomic E-state index is 12.2. The minimum atomic E-state index is -0.667. The van der Waals surface area contributed by atoms with E-state index in [9.17, 15) is 4.79 Å². The first-order valence-electron chi connectivity index (χ1n) is 8.66. The number of hydrogen-bond donors (Lipinski definition) is 2. The molecule has 1 unspecified atom stereocenters. The lowest BCUT2D eigenvalue weighted by molar-refractivity contribution is -0.125. The minimum absolute atomic E-state index is 0.155. The van der Waals surface area contributed by atoms with E-state index in [0.29, 0.717) is 0 Å². The summed E-state index contributed by atoms with van der Waals surface area (Å²) in [7, 11) is 0. The van der Waals surface area contributed by atoms with E-state index in [1.165, 1.54) is 0 Å². The van der Waals surface area contributed by atoms with Crippen molar-refractivity contribution in [1.82, 2.24) is 10.8 Å². The first-order valence-corrected chi connectivity index (χ1v) is 8.66. The Morgan fingerprint density at radius 1 is 0.769 bits per heavy atom. The van der Waals surface area contributed by atoms with Gasteiger partial charge < -0.3 is 0 Å². The van der Waals surface area contributed by atoms with Crippen LogP contribution < -0.4 is 10.8 Å². The second kappa shape index (κ2) is 7.12. The molecular weight excluding hydrogens is 324 g/mol. The molecule has 3 aromatic carbocycles. The Hall–Kier alpha value is -2.95. The summed E-state index contributed by atoms with van der Waals surface area (Å²) in [6.45, 7) is 0.285. The first kappa shape index (κ1) is 16.5. The molecule has 1 aliphatic heterocycles. The highest BCUT2D eigenvalue weighted by molar-refractivity contribution is 5.82. The number of rotatable bonds is 5. The lowest BCUT2D eigenvalue weighted by atomic mass is 9.76. The second-order valence-corrected chi connectivity index (χ2v) is 6.32. The van der Waals surface area contributed by atoms with E-state index in [2.05, 4.69) is 47.2 Å². The number of benzene rings is 3. The molecule has 0 bridgehead atoms. The minimum Gasteiger partial charge on any atom is -0.287 e. The van der Waals surface area contributed by atoms with Crippen LogP contribution in [0.4, 0.5) is 0 Å². The number of hydroxylamine groups is 1. The highest BCUT2D eigenvalue weighted by Gasteiger charge is 2.41. The molecule has 1 atom stereocenters. The van der Waals surface area contributed by atoms with Crippen molar-refractivity contribution in [3.05, 3.63) is 108 Å². The van der Waals surface area contributed by atoms with Crippen molar-refractivity contribution in [1.29, 1.82) is 0 Å². The van der Waals surface area contributed by atoms with Gasteiger partial charge in [0.25, 0.3) is 5.91 Å². The largest absolute Gasteiger partial charge is 0.287 e. The summed E-state index contributed by atoms with van der Waals surface area (Å²) in [6, 6.07) is 30.1. The number of carbonyl (C=O) groups excluding carboxylic acids is 1. The molecule has 3 aromatic rings. The standard InChI is InChI=1S/C22H20N2O2/c25-21-20(16-26-24-21)23-22(17-10-4-1-5-11-17,18-12-6-2-7-13-18)19-14-8-3-9-15-19/h1-15,20,23H,16H2,(H,24,25). The SMILES string of the molecule is O=C1NOCC1NC(c1ccccc1)(c1ccccc1)c1ccccc1. The predicted molar refractivity (Wildman–Crippen MR) is 100 cm³/mol. The van der Waals surface area contributed by atoms with Gasteiger partial charge in [0.05, 0.1) is 12.1 Å². The molecule has 1 amide bonds. The first-order chi connectivity index (χ1) is 12.8. The summed E-state index contributed by atoms with van der Waals surface area (Å²) in [5.74, 6) is -0.155. The molecule has 1 aliphatic rings. The Morgan fingerprint density at radius 2 is 1.19 bits per heavy atom. The van der Waals surface area contributed by atoms with E-state index >= 15 is 0 Å². The summed E-state index contributed by atoms with van der Waals surface area (Å²) < 4.78 is 0. The average molecular weight is 344 g/mol. The van der Waals surface area contributed by atoms with E-state index < -0.39 is 11.6 Å². The fourth-order valence-electron chi connectivity index (χ4n) is 3.53. The van der Waals surface area contributed by atoms with Gasteiger partial charge in [-0.25, -0.2) is 5.48 Å². The number of nitrogens with one attached hydrogen (secondary N) is 2. The predicted octanol–water partition coefficient (Wildman–Crippen LogP) is 3.00. The Balaban J connectivity index is 1.95. The van der Waals surface area contributed by atoms with Gasteiger partial charge in [-0.1, -0.05) is 91.0 Å². The Morgan fingerprint density at radius 3 is 1.54 bits per heavy atom. The van der Waals surface area contributed by atoms with Gasteiger partial charge in [0.15, 0.2) is 0 Å². The molecule has 1 saturated heterocycles. The van der Waals surface area contributed by atoms with Gasteiger partial charge in [-0.15, -0.1) is 0 Å². The molecule has 4 heteroatoms. The summed E-state index contributed by atoms with van der Waals surface area (Å²) in [5.41, 5.74) is 4.98. The van der Waals surface area contributed by atoms with Gasteiger partial charge in [-0.05, 0) is 16.7 Å². The molecular formula is C22H20N2O2. The fraction of sp³-hybridized carbons (Fsp3) is 0.136. The number of amides is 1. The maximum Gasteiger partial charge on any atom is 0.263 e. The molecule has 2 N–H and O–H groups in total. The zero-order valence-electron chi connectivity index (χ0n) is 14.3. The molecule has 130 valence electrons. The fourth-order valence-corrected chi connectivity index (χ4v) is 3.53. The molecule has 26 heavy (non-hydrogen) atoms. The average Bonchev–Trinajstić information content (AvgIpc) is 3.12. The summed E-state index contributed by atoms with van der Waals surface area (Å²) >= 11 is 0. The third-order valence-electron chi connectivity index (χ3n) is 4.75. The van der Waals surface area contributed by atoms with Crippen molar-refractivity contribution in [3.63, 3.8) is 0 Å². The highest BCUT2D eigenvalue weighted by Crippen LogP contribution is 2.37. The van der Waals surface area contributed by atoms with Gasteiger partial charge in [-0.3, -0.25) is 14.9 Å². The monoisotopic (exact) mass is 344 g/mol. The van der Waals surface area contributed by atoms with Crippen LogP contribution >= 0.6 is 0 Å². The van der Waals surface area contributed by atoms with Crippen molar-refractivity contribution in [2.24, 2.45) is 0 Å². The van der Waals surface area contributed by atoms with E-state index in [1.807, 2.05) is 54.6 Å². The van der Waals surface area contributed by atoms with Crippen LogP contribution in [-0.4, -0.2) is 18.6 Å². The molecule has 1 fully saturated rings. The Bertz CT molecular complexity index is 770. The van der Waals surface area contributed by atoms with Crippen LogP contribution in [0, 0.1) is 0 Å². The van der Waals surface area contributed by atoms with Crippen LogP contribution in [0.1, 0.15) is 16.7 Å². The van der Waals surface area contributed by atoms with E-state index in [4.69, 9.17) is 4.84 Å². The third kappa shape index (κ3) is 2.90. The topological polar surface area (TPSA) is 50.4 Å². The zero-order valence-corrected chi connectivity index (χ0v) is 14.3. The van der Waals surface area contributed by atoms with Crippen molar-refractivity contribution >= 4 is 5.91 Å². The van der Waals surface area contributed by atoms with Crippen molar-refractivity contribution in [2.75, 3.05) is 6.61 Å². The molecule has 1 heterocycles. The van der Waals surface area contributed by atoms with Crippen LogP contribution in [-0.2, 0) is 15.2 Å². The van der Waals surface area contributed by atoms with Crippen LogP contribution in [0.3, 0.4) is 0 Å². The number of carbonyl (C=O) groups is 1. The third-order valence-corrected chi connectivity index (χ3v) is 4.75. The second-order valence-electron chi connectivity index (χ2n) is 6.32. The molecule has 0 radical (unpaired) electrons. The van der Waals surface area contributed by atoms with E-state index in [0.717, 1.165) is 16.7 Å². The van der Waals surface area contributed by atoms with Crippen LogP contribution in [0.5, 0.6) is 0 Å². The molecule has 0 aromatic heterocycles. The molecule has 4 rings (SSSR count). The van der Waals surface area contributed by atoms with Gasteiger partial charge in [0, 0.05) is 0 Å². The van der Waals surface area contributed by atoms with Crippen LogP contribution in [0.2, 0.25) is 0 Å². The summed E-state index contributed by atoms with van der Waals surface area (Å²) in [4.78, 5) is 17.4. The smallest absolute Gasteiger partial charge is 0.263 e.